The number of hydrogen-bond donors (Lipinski definition) is 1. The molecule has 1 aliphatic heterocycles. The fraction of sp³-hybridized carbons (Fsp3) is 0.500. The summed E-state index contributed by atoms with van der Waals surface area (Å²) in [5, 5.41) is 3.34. The van der Waals surface area contributed by atoms with Crippen LogP contribution in [-0.2, 0) is 0 Å². The van der Waals surface area contributed by atoms with Crippen LogP contribution < -0.4 is 5.32 Å². The molecule has 4 heteroatoms. The first-order chi connectivity index (χ1) is 8.58. The molecule has 1 saturated heterocycles. The molecule has 1 aromatic rings. The van der Waals surface area contributed by atoms with Gasteiger partial charge in [-0.3, -0.25) is 4.79 Å². The van der Waals surface area contributed by atoms with Gasteiger partial charge < -0.3 is 10.2 Å². The molecule has 98 valence electrons. The van der Waals surface area contributed by atoms with Crippen molar-refractivity contribution in [3.8, 4) is 0 Å². The highest BCUT2D eigenvalue weighted by Crippen LogP contribution is 2.18. The Bertz CT molecular complexity index is 421. The number of carbonyl (C=O) groups is 1. The van der Waals surface area contributed by atoms with Gasteiger partial charge in [-0.25, -0.2) is 0 Å². The van der Waals surface area contributed by atoms with E-state index in [2.05, 4.69) is 21.2 Å². The van der Waals surface area contributed by atoms with Crippen molar-refractivity contribution in [1.29, 1.82) is 0 Å². The molecule has 1 unspecified atom stereocenters. The molecule has 1 fully saturated rings. The number of rotatable bonds is 2. The third-order valence-electron chi connectivity index (χ3n) is 3.43. The van der Waals surface area contributed by atoms with Crippen LogP contribution in [0, 0.1) is 6.92 Å². The second-order valence-corrected chi connectivity index (χ2v) is 5.85. The molecule has 18 heavy (non-hydrogen) atoms. The zero-order valence-corrected chi connectivity index (χ0v) is 12.5. The zero-order chi connectivity index (χ0) is 13.1. The van der Waals surface area contributed by atoms with Crippen molar-refractivity contribution in [3.05, 3.63) is 33.8 Å². The molecule has 0 radical (unpaired) electrons. The minimum Gasteiger partial charge on any atom is -0.337 e. The van der Waals surface area contributed by atoms with Crippen LogP contribution in [0.25, 0.3) is 0 Å². The minimum absolute atomic E-state index is 0.105. The van der Waals surface area contributed by atoms with Gasteiger partial charge >= 0.3 is 0 Å². The predicted molar refractivity (Wildman–Crippen MR) is 76.9 cm³/mol. The number of nitrogens with one attached hydrogen (secondary N) is 1. The van der Waals surface area contributed by atoms with Gasteiger partial charge in [0.1, 0.15) is 0 Å². The molecule has 1 N–H and O–H groups in total. The van der Waals surface area contributed by atoms with E-state index in [1.807, 2.05) is 37.1 Å². The molecular weight excluding hydrogens is 292 g/mol. The Balaban J connectivity index is 2.14. The summed E-state index contributed by atoms with van der Waals surface area (Å²) in [7, 11) is 1.90. The Morgan fingerprint density at radius 2 is 2.22 bits per heavy atom. The van der Waals surface area contributed by atoms with Crippen molar-refractivity contribution in [2.45, 2.75) is 25.8 Å². The van der Waals surface area contributed by atoms with Crippen molar-refractivity contribution in [1.82, 2.24) is 10.2 Å². The van der Waals surface area contributed by atoms with E-state index in [1.54, 1.807) is 0 Å². The SMILES string of the molecule is Cc1cc(Br)cc(C(=O)N(C)C2CCCNC2)c1. The third kappa shape index (κ3) is 3.12. The number of hydrogen-bond acceptors (Lipinski definition) is 2. The summed E-state index contributed by atoms with van der Waals surface area (Å²) in [4.78, 5) is 14.3. The summed E-state index contributed by atoms with van der Waals surface area (Å²) in [6.45, 7) is 3.97. The van der Waals surface area contributed by atoms with Gasteiger partial charge in [-0.2, -0.15) is 0 Å². The maximum Gasteiger partial charge on any atom is 0.253 e. The molecule has 2 rings (SSSR count). The summed E-state index contributed by atoms with van der Waals surface area (Å²) in [5.74, 6) is 0.105. The fourth-order valence-corrected chi connectivity index (χ4v) is 3.00. The number of amides is 1. The number of benzene rings is 1. The van der Waals surface area contributed by atoms with Crippen LogP contribution in [0.2, 0.25) is 0 Å². The highest BCUT2D eigenvalue weighted by atomic mass is 79.9. The minimum atomic E-state index is 0.105. The van der Waals surface area contributed by atoms with Gasteiger partial charge in [0.2, 0.25) is 0 Å². The van der Waals surface area contributed by atoms with E-state index < -0.39 is 0 Å². The van der Waals surface area contributed by atoms with E-state index in [0.717, 1.165) is 41.5 Å². The van der Waals surface area contributed by atoms with Crippen LogP contribution in [0.5, 0.6) is 0 Å². The maximum absolute atomic E-state index is 12.4. The Morgan fingerprint density at radius 1 is 1.44 bits per heavy atom. The summed E-state index contributed by atoms with van der Waals surface area (Å²) >= 11 is 3.44. The van der Waals surface area contributed by atoms with Gasteiger partial charge in [0.15, 0.2) is 0 Å². The van der Waals surface area contributed by atoms with E-state index in [4.69, 9.17) is 0 Å². The van der Waals surface area contributed by atoms with Crippen molar-refractivity contribution < 1.29 is 4.79 Å². The highest BCUT2D eigenvalue weighted by Gasteiger charge is 2.22. The summed E-state index contributed by atoms with van der Waals surface area (Å²) in [6.07, 6.45) is 2.22. The normalized spacial score (nSPS) is 19.6. The number of aryl methyl sites for hydroxylation is 1. The van der Waals surface area contributed by atoms with Gasteiger partial charge in [-0.15, -0.1) is 0 Å². The van der Waals surface area contributed by atoms with E-state index in [1.165, 1.54) is 0 Å². The molecule has 0 saturated carbocycles. The monoisotopic (exact) mass is 310 g/mol. The molecule has 0 aliphatic carbocycles. The molecule has 1 heterocycles. The van der Waals surface area contributed by atoms with Crippen LogP contribution in [0.1, 0.15) is 28.8 Å². The summed E-state index contributed by atoms with van der Waals surface area (Å²) < 4.78 is 0.959. The Kier molecular flexibility index (Phi) is 4.40. The first-order valence-electron chi connectivity index (χ1n) is 6.33. The molecule has 0 spiro atoms. The molecule has 3 nitrogen and oxygen atoms in total. The van der Waals surface area contributed by atoms with E-state index in [-0.39, 0.29) is 5.91 Å². The first kappa shape index (κ1) is 13.6. The lowest BCUT2D eigenvalue weighted by Gasteiger charge is -2.31. The second kappa shape index (κ2) is 5.85. The standard InChI is InChI=1S/C14H19BrN2O/c1-10-6-11(8-12(15)7-10)14(18)17(2)13-4-3-5-16-9-13/h6-8,13,16H,3-5,9H2,1-2H3. The van der Waals surface area contributed by atoms with Crippen LogP contribution in [-0.4, -0.2) is 37.0 Å². The molecule has 0 bridgehead atoms. The molecule has 1 aromatic carbocycles. The predicted octanol–water partition coefficient (Wildman–Crippen LogP) is 2.58. The molecular formula is C14H19BrN2O. The van der Waals surface area contributed by atoms with Crippen molar-refractivity contribution >= 4 is 21.8 Å². The van der Waals surface area contributed by atoms with Crippen molar-refractivity contribution in [3.63, 3.8) is 0 Å². The van der Waals surface area contributed by atoms with Crippen LogP contribution in [0.3, 0.4) is 0 Å². The highest BCUT2D eigenvalue weighted by molar-refractivity contribution is 9.10. The van der Waals surface area contributed by atoms with Gasteiger partial charge in [0, 0.05) is 29.7 Å². The van der Waals surface area contributed by atoms with Crippen molar-refractivity contribution in [2.75, 3.05) is 20.1 Å². The number of halogens is 1. The summed E-state index contributed by atoms with van der Waals surface area (Å²) in [5.41, 5.74) is 1.86. The quantitative estimate of drug-likeness (QED) is 0.910. The lowest BCUT2D eigenvalue weighted by molar-refractivity contribution is 0.0708. The number of piperidine rings is 1. The number of likely N-dealkylation sites (N-methyl/N-ethyl adjacent to an activating group) is 1. The molecule has 0 aromatic heterocycles. The van der Waals surface area contributed by atoms with Crippen molar-refractivity contribution in [2.24, 2.45) is 0 Å². The smallest absolute Gasteiger partial charge is 0.253 e. The lowest BCUT2D eigenvalue weighted by Crippen LogP contribution is -2.46. The topological polar surface area (TPSA) is 32.3 Å². The van der Waals surface area contributed by atoms with E-state index in [0.29, 0.717) is 6.04 Å². The zero-order valence-electron chi connectivity index (χ0n) is 10.9. The Hall–Kier alpha value is -0.870. The summed E-state index contributed by atoms with van der Waals surface area (Å²) in [6, 6.07) is 6.16. The van der Waals surface area contributed by atoms with Crippen LogP contribution in [0.4, 0.5) is 0 Å². The maximum atomic E-state index is 12.4. The first-order valence-corrected chi connectivity index (χ1v) is 7.12. The second-order valence-electron chi connectivity index (χ2n) is 4.93. The average Bonchev–Trinajstić information content (AvgIpc) is 2.37. The lowest BCUT2D eigenvalue weighted by atomic mass is 10.0. The van der Waals surface area contributed by atoms with Gasteiger partial charge in [-0.1, -0.05) is 15.9 Å². The van der Waals surface area contributed by atoms with E-state index in [9.17, 15) is 4.79 Å². The molecule has 1 aliphatic rings. The fourth-order valence-electron chi connectivity index (χ4n) is 2.39. The largest absolute Gasteiger partial charge is 0.337 e. The average molecular weight is 311 g/mol. The molecule has 1 atom stereocenters. The van der Waals surface area contributed by atoms with Crippen LogP contribution in [0.15, 0.2) is 22.7 Å². The van der Waals surface area contributed by atoms with E-state index >= 15 is 0 Å². The van der Waals surface area contributed by atoms with Gasteiger partial charge in [-0.05, 0) is 50.1 Å². The number of carbonyl (C=O) groups excluding carboxylic acids is 1. The molecule has 1 amide bonds. The van der Waals surface area contributed by atoms with Crippen LogP contribution >= 0.6 is 15.9 Å². The Labute approximate surface area is 117 Å². The van der Waals surface area contributed by atoms with Gasteiger partial charge in [0.25, 0.3) is 5.91 Å². The Morgan fingerprint density at radius 3 is 2.83 bits per heavy atom. The third-order valence-corrected chi connectivity index (χ3v) is 3.89. The number of nitrogens with zero attached hydrogens (tertiary/aromatic N) is 1. The van der Waals surface area contributed by atoms with Gasteiger partial charge in [0.05, 0.1) is 0 Å².